The van der Waals surface area contributed by atoms with Crippen LogP contribution >= 0.6 is 12.4 Å². The highest BCUT2D eigenvalue weighted by Gasteiger charge is 2.30. The maximum Gasteiger partial charge on any atom is 0.416 e. The van der Waals surface area contributed by atoms with Gasteiger partial charge in [0.2, 0.25) is 0 Å². The van der Waals surface area contributed by atoms with Crippen LogP contribution in [0.15, 0.2) is 24.3 Å². The van der Waals surface area contributed by atoms with E-state index in [2.05, 4.69) is 11.8 Å². The summed E-state index contributed by atoms with van der Waals surface area (Å²) in [5.41, 5.74) is 4.37. The van der Waals surface area contributed by atoms with Gasteiger partial charge in [-0.15, -0.1) is 12.4 Å². The molecule has 6 heteroatoms. The first-order valence-electron chi connectivity index (χ1n) is 4.50. The maximum absolute atomic E-state index is 12.3. The first kappa shape index (κ1) is 15.6. The molecular formula is C11H11ClF3NO. The van der Waals surface area contributed by atoms with E-state index < -0.39 is 11.7 Å². The lowest BCUT2D eigenvalue weighted by Crippen LogP contribution is -2.05. The van der Waals surface area contributed by atoms with Crippen molar-refractivity contribution < 1.29 is 17.9 Å². The molecule has 1 rings (SSSR count). The van der Waals surface area contributed by atoms with Crippen molar-refractivity contribution in [3.63, 3.8) is 0 Å². The fourth-order valence-electron chi connectivity index (χ4n) is 1.00. The van der Waals surface area contributed by atoms with Crippen LogP contribution < -0.4 is 10.5 Å². The zero-order valence-electron chi connectivity index (χ0n) is 8.75. The molecule has 0 fully saturated rings. The Morgan fingerprint density at radius 2 is 1.94 bits per heavy atom. The van der Waals surface area contributed by atoms with E-state index in [1.807, 2.05) is 0 Å². The van der Waals surface area contributed by atoms with Crippen molar-refractivity contribution >= 4 is 12.4 Å². The molecule has 0 unspecified atom stereocenters. The Balaban J connectivity index is 0.00000256. The Morgan fingerprint density at radius 3 is 2.53 bits per heavy atom. The second kappa shape index (κ2) is 7.05. The van der Waals surface area contributed by atoms with Gasteiger partial charge in [-0.3, -0.25) is 0 Å². The highest BCUT2D eigenvalue weighted by atomic mass is 35.5. The average Bonchev–Trinajstić information content (AvgIpc) is 2.24. The summed E-state index contributed by atoms with van der Waals surface area (Å²) in [4.78, 5) is 0. The van der Waals surface area contributed by atoms with E-state index in [-0.39, 0.29) is 31.3 Å². The van der Waals surface area contributed by atoms with Gasteiger partial charge in [0, 0.05) is 0 Å². The summed E-state index contributed by atoms with van der Waals surface area (Å²) in [5, 5.41) is 0. The predicted molar refractivity (Wildman–Crippen MR) is 61.0 cm³/mol. The fraction of sp³-hybridized carbons (Fsp3) is 0.273. The van der Waals surface area contributed by atoms with Gasteiger partial charge in [-0.05, 0) is 18.2 Å². The molecule has 94 valence electrons. The smallest absolute Gasteiger partial charge is 0.416 e. The van der Waals surface area contributed by atoms with Crippen molar-refractivity contribution in [3.05, 3.63) is 29.8 Å². The highest BCUT2D eigenvalue weighted by Crippen LogP contribution is 2.31. The summed E-state index contributed by atoms with van der Waals surface area (Å²) in [6.45, 7) is 0.227. The van der Waals surface area contributed by atoms with Crippen LogP contribution in [0.2, 0.25) is 0 Å². The topological polar surface area (TPSA) is 35.2 Å². The summed E-state index contributed by atoms with van der Waals surface area (Å²) >= 11 is 0. The lowest BCUT2D eigenvalue weighted by atomic mass is 10.2. The standard InChI is InChI=1S/C11H10F3NO.ClH/c12-11(13,14)9-4-3-5-10(8-9)16-7-2-1-6-15;/h3-5,8H,6-7,15H2;1H. The minimum absolute atomic E-state index is 0. The molecule has 0 aliphatic carbocycles. The SMILES string of the molecule is Cl.NCC#CCOc1cccc(C(F)(F)F)c1. The van der Waals surface area contributed by atoms with Crippen LogP contribution in [0, 0.1) is 11.8 Å². The molecule has 0 aliphatic heterocycles. The van der Waals surface area contributed by atoms with Gasteiger partial charge in [0.05, 0.1) is 12.1 Å². The van der Waals surface area contributed by atoms with Gasteiger partial charge in [-0.1, -0.05) is 17.9 Å². The molecule has 0 heterocycles. The molecule has 1 aromatic rings. The molecule has 0 aliphatic rings. The quantitative estimate of drug-likeness (QED) is 0.834. The Morgan fingerprint density at radius 1 is 1.24 bits per heavy atom. The Kier molecular flexibility index (Phi) is 6.47. The predicted octanol–water partition coefficient (Wildman–Crippen LogP) is 2.47. The average molecular weight is 266 g/mol. The van der Waals surface area contributed by atoms with Gasteiger partial charge in [0.1, 0.15) is 12.4 Å². The lowest BCUT2D eigenvalue weighted by molar-refractivity contribution is -0.137. The van der Waals surface area contributed by atoms with Crippen LogP contribution in [-0.2, 0) is 6.18 Å². The summed E-state index contributed by atoms with van der Waals surface area (Å²) in [7, 11) is 0. The third kappa shape index (κ3) is 5.48. The molecular weight excluding hydrogens is 255 g/mol. The van der Waals surface area contributed by atoms with E-state index in [0.717, 1.165) is 12.1 Å². The Labute approximate surface area is 103 Å². The number of ether oxygens (including phenoxy) is 1. The molecule has 0 spiro atoms. The zero-order valence-corrected chi connectivity index (χ0v) is 9.57. The summed E-state index contributed by atoms with van der Waals surface area (Å²) in [6, 6.07) is 4.65. The van der Waals surface area contributed by atoms with Crippen LogP contribution in [0.25, 0.3) is 0 Å². The lowest BCUT2D eigenvalue weighted by Gasteiger charge is -2.08. The molecule has 0 amide bonds. The van der Waals surface area contributed by atoms with Crippen molar-refractivity contribution in [1.29, 1.82) is 0 Å². The summed E-state index contributed by atoms with van der Waals surface area (Å²) in [6.07, 6.45) is -4.36. The van der Waals surface area contributed by atoms with Crippen molar-refractivity contribution in [2.75, 3.05) is 13.2 Å². The highest BCUT2D eigenvalue weighted by molar-refractivity contribution is 5.85. The van der Waals surface area contributed by atoms with Crippen molar-refractivity contribution in [1.82, 2.24) is 0 Å². The van der Waals surface area contributed by atoms with Crippen LogP contribution in [0.3, 0.4) is 0 Å². The molecule has 1 aromatic carbocycles. The molecule has 2 N–H and O–H groups in total. The molecule has 0 aromatic heterocycles. The third-order valence-electron chi connectivity index (χ3n) is 1.70. The van der Waals surface area contributed by atoms with Gasteiger partial charge in [-0.2, -0.15) is 13.2 Å². The van der Waals surface area contributed by atoms with Crippen LogP contribution in [-0.4, -0.2) is 13.2 Å². The minimum Gasteiger partial charge on any atom is -0.481 e. The first-order chi connectivity index (χ1) is 7.54. The van der Waals surface area contributed by atoms with Gasteiger partial charge < -0.3 is 10.5 Å². The zero-order chi connectivity index (χ0) is 12.0. The number of hydrogen-bond acceptors (Lipinski definition) is 2. The molecule has 0 saturated heterocycles. The number of alkyl halides is 3. The van der Waals surface area contributed by atoms with Gasteiger partial charge >= 0.3 is 6.18 Å². The fourth-order valence-corrected chi connectivity index (χ4v) is 1.00. The van der Waals surface area contributed by atoms with Crippen molar-refractivity contribution in [2.24, 2.45) is 5.73 Å². The van der Waals surface area contributed by atoms with E-state index in [1.54, 1.807) is 0 Å². The Bertz CT molecular complexity index is 409. The van der Waals surface area contributed by atoms with Gasteiger partial charge in [0.25, 0.3) is 0 Å². The van der Waals surface area contributed by atoms with Crippen LogP contribution in [0.1, 0.15) is 5.56 Å². The number of hydrogen-bond donors (Lipinski definition) is 1. The normalized spacial score (nSPS) is 9.88. The van der Waals surface area contributed by atoms with Crippen LogP contribution in [0.5, 0.6) is 5.75 Å². The number of benzene rings is 1. The monoisotopic (exact) mass is 265 g/mol. The summed E-state index contributed by atoms with van der Waals surface area (Å²) < 4.78 is 41.9. The second-order valence-electron chi connectivity index (χ2n) is 2.87. The van der Waals surface area contributed by atoms with E-state index in [1.165, 1.54) is 12.1 Å². The number of nitrogens with two attached hydrogens (primary N) is 1. The molecule has 0 bridgehead atoms. The first-order valence-corrected chi connectivity index (χ1v) is 4.50. The second-order valence-corrected chi connectivity index (χ2v) is 2.87. The van der Waals surface area contributed by atoms with Gasteiger partial charge in [0.15, 0.2) is 0 Å². The molecule has 0 saturated carbocycles. The van der Waals surface area contributed by atoms with Crippen molar-refractivity contribution in [3.8, 4) is 17.6 Å². The van der Waals surface area contributed by atoms with Gasteiger partial charge in [-0.25, -0.2) is 0 Å². The van der Waals surface area contributed by atoms with E-state index in [4.69, 9.17) is 10.5 Å². The largest absolute Gasteiger partial charge is 0.481 e. The molecule has 0 atom stereocenters. The third-order valence-corrected chi connectivity index (χ3v) is 1.70. The maximum atomic E-state index is 12.3. The molecule has 2 nitrogen and oxygen atoms in total. The number of halogens is 4. The van der Waals surface area contributed by atoms with Crippen LogP contribution in [0.4, 0.5) is 13.2 Å². The minimum atomic E-state index is -4.36. The van der Waals surface area contributed by atoms with E-state index in [0.29, 0.717) is 0 Å². The Hall–Kier alpha value is -1.38. The number of rotatable bonds is 2. The van der Waals surface area contributed by atoms with Crippen molar-refractivity contribution in [2.45, 2.75) is 6.18 Å². The van der Waals surface area contributed by atoms with E-state index >= 15 is 0 Å². The summed E-state index contributed by atoms with van der Waals surface area (Å²) in [5.74, 6) is 5.25. The molecule has 17 heavy (non-hydrogen) atoms. The molecule has 0 radical (unpaired) electrons. The van der Waals surface area contributed by atoms with E-state index in [9.17, 15) is 13.2 Å².